The number of carbonyl (C=O) groups excluding carboxylic acids is 4. The molecule has 4 aromatic heterocycles. The van der Waals surface area contributed by atoms with Crippen LogP contribution in [0.25, 0.3) is 11.6 Å². The molecule has 0 unspecified atom stereocenters. The molecule has 2 aromatic carbocycles. The number of imidazole rings is 2. The Labute approximate surface area is 304 Å². The first-order chi connectivity index (χ1) is 26.2. The van der Waals surface area contributed by atoms with E-state index >= 15 is 4.39 Å². The molecule has 270 valence electrons. The van der Waals surface area contributed by atoms with Crippen LogP contribution >= 0.6 is 0 Å². The summed E-state index contributed by atoms with van der Waals surface area (Å²) in [6, 6.07) is 12.5. The van der Waals surface area contributed by atoms with Crippen molar-refractivity contribution in [2.45, 2.75) is 6.42 Å². The number of rotatable bonds is 12. The van der Waals surface area contributed by atoms with Crippen molar-refractivity contribution in [3.63, 3.8) is 0 Å². The van der Waals surface area contributed by atoms with Crippen molar-refractivity contribution >= 4 is 35.1 Å². The highest BCUT2D eigenvalue weighted by Gasteiger charge is 2.22. The molecule has 54 heavy (non-hydrogen) atoms. The van der Waals surface area contributed by atoms with Gasteiger partial charge in [-0.2, -0.15) is 5.26 Å². The van der Waals surface area contributed by atoms with E-state index in [1.54, 1.807) is 40.0 Å². The molecule has 2 amide bonds. The van der Waals surface area contributed by atoms with Crippen molar-refractivity contribution in [3.05, 3.63) is 125 Å². The summed E-state index contributed by atoms with van der Waals surface area (Å²) in [4.78, 5) is 59.2. The summed E-state index contributed by atoms with van der Waals surface area (Å²) in [5.74, 6) is -3.72. The molecular weight excluding hydrogens is 705 g/mol. The van der Waals surface area contributed by atoms with Gasteiger partial charge < -0.3 is 24.8 Å². The molecule has 18 nitrogen and oxygen atoms in total. The maximum Gasteiger partial charge on any atom is 0.340 e. The maximum atomic E-state index is 15.2. The van der Waals surface area contributed by atoms with Gasteiger partial charge in [0.05, 0.1) is 55.0 Å². The molecule has 0 aliphatic rings. The molecule has 0 radical (unpaired) electrons. The topological polar surface area (TPSA) is 231 Å². The first-order valence-electron chi connectivity index (χ1n) is 15.7. The molecule has 6 aromatic rings. The molecule has 0 aliphatic heterocycles. The normalized spacial score (nSPS) is 10.6. The Morgan fingerprint density at radius 2 is 1.30 bits per heavy atom. The number of halogens is 1. The molecule has 4 heterocycles. The summed E-state index contributed by atoms with van der Waals surface area (Å²) in [5.41, 5.74) is -0.364. The minimum atomic E-state index is -0.951. The fourth-order valence-corrected chi connectivity index (χ4v) is 4.98. The summed E-state index contributed by atoms with van der Waals surface area (Å²) in [6.45, 7) is -0.232. The lowest BCUT2D eigenvalue weighted by atomic mass is 10.00. The Hall–Kier alpha value is -7.88. The number of nitriles is 1. The predicted octanol–water partition coefficient (Wildman–Crippen LogP) is 3.35. The summed E-state index contributed by atoms with van der Waals surface area (Å²) in [7, 11) is 2.24. The molecule has 19 heteroatoms. The Kier molecular flexibility index (Phi) is 10.6. The van der Waals surface area contributed by atoms with Crippen LogP contribution in [0.2, 0.25) is 0 Å². The predicted molar refractivity (Wildman–Crippen MR) is 184 cm³/mol. The van der Waals surface area contributed by atoms with Crippen LogP contribution in [-0.4, -0.2) is 84.1 Å². The second kappa shape index (κ2) is 16.0. The average molecular weight is 732 g/mol. The molecule has 0 saturated carbocycles. The number of benzene rings is 2. The van der Waals surface area contributed by atoms with Crippen molar-refractivity contribution < 1.29 is 37.8 Å². The highest BCUT2D eigenvalue weighted by atomic mass is 19.1. The van der Waals surface area contributed by atoms with E-state index in [9.17, 15) is 24.4 Å². The van der Waals surface area contributed by atoms with E-state index < -0.39 is 29.6 Å². The number of nitrogens with zero attached hydrogens (tertiary/aromatic N) is 9. The monoisotopic (exact) mass is 731 g/mol. The quantitative estimate of drug-likeness (QED) is 0.172. The van der Waals surface area contributed by atoms with Gasteiger partial charge in [-0.15, -0.1) is 20.4 Å². The number of esters is 2. The van der Waals surface area contributed by atoms with Gasteiger partial charge in [-0.1, -0.05) is 0 Å². The minimum absolute atomic E-state index is 0.00102. The van der Waals surface area contributed by atoms with Gasteiger partial charge in [0.2, 0.25) is 0 Å². The van der Waals surface area contributed by atoms with E-state index in [1.165, 1.54) is 43.0 Å². The molecule has 2 N–H and O–H groups in total. The lowest BCUT2D eigenvalue weighted by molar-refractivity contribution is 0.0592. The van der Waals surface area contributed by atoms with E-state index in [1.807, 2.05) is 6.07 Å². The second-order valence-electron chi connectivity index (χ2n) is 11.0. The van der Waals surface area contributed by atoms with E-state index in [0.29, 0.717) is 17.2 Å². The maximum absolute atomic E-state index is 15.2. The largest absolute Gasteiger partial charge is 0.490 e. The zero-order chi connectivity index (χ0) is 38.2. The standard InChI is InChI=1S/C35H26FN11O7/c1-52-34(50)22-13-21(17-37)20(14-27(22)40-32(48)25-3-5-30(44-42-25)46-10-8-38-18-46)7-12-54-29-16-28(23(15-24(29)36)35(51)53-2)41-33(49)26-4-6-31(45-43-26)47-11-9-39-19-47/h3-6,8-11,13-16,18-19H,7,12H2,1-2H3,(H,40,48)(H,41,49). The fraction of sp³-hybridized carbons (Fsp3) is 0.114. The van der Waals surface area contributed by atoms with Crippen LogP contribution in [0.4, 0.5) is 15.8 Å². The van der Waals surface area contributed by atoms with Gasteiger partial charge in [0, 0.05) is 37.3 Å². The average Bonchev–Trinajstić information content (AvgIpc) is 3.95. The van der Waals surface area contributed by atoms with E-state index in [4.69, 9.17) is 14.2 Å². The van der Waals surface area contributed by atoms with Gasteiger partial charge in [-0.05, 0) is 48.0 Å². The van der Waals surface area contributed by atoms with E-state index in [0.717, 1.165) is 26.4 Å². The van der Waals surface area contributed by atoms with Crippen LogP contribution in [-0.2, 0) is 15.9 Å². The van der Waals surface area contributed by atoms with Crippen LogP contribution < -0.4 is 15.4 Å². The van der Waals surface area contributed by atoms with Gasteiger partial charge in [-0.25, -0.2) is 23.9 Å². The highest BCUT2D eigenvalue weighted by Crippen LogP contribution is 2.29. The number of hydrogen-bond donors (Lipinski definition) is 2. The molecule has 0 fully saturated rings. The SMILES string of the molecule is COC(=O)c1cc(F)c(OCCc2cc(NC(=O)c3ccc(-n4ccnc4)nn3)c(C(=O)OC)cc2C#N)cc1NC(=O)c1ccc(-n2ccnc2)nn1. The van der Waals surface area contributed by atoms with E-state index in [2.05, 4.69) is 41.0 Å². The van der Waals surface area contributed by atoms with Crippen molar-refractivity contribution in [1.29, 1.82) is 5.26 Å². The number of aromatic nitrogens is 8. The number of carbonyl (C=O) groups is 4. The van der Waals surface area contributed by atoms with Gasteiger partial charge in [0.25, 0.3) is 11.8 Å². The van der Waals surface area contributed by atoms with Crippen LogP contribution in [0.3, 0.4) is 0 Å². The highest BCUT2D eigenvalue weighted by molar-refractivity contribution is 6.08. The van der Waals surface area contributed by atoms with Gasteiger partial charge in [0.15, 0.2) is 34.6 Å². The summed E-state index contributed by atoms with van der Waals surface area (Å²) < 4.78 is 33.7. The number of anilines is 2. The van der Waals surface area contributed by atoms with Crippen molar-refractivity contribution in [1.82, 2.24) is 39.5 Å². The van der Waals surface area contributed by atoms with Gasteiger partial charge >= 0.3 is 11.9 Å². The zero-order valence-corrected chi connectivity index (χ0v) is 28.3. The summed E-state index contributed by atoms with van der Waals surface area (Å²) in [6.07, 6.45) is 9.39. The summed E-state index contributed by atoms with van der Waals surface area (Å²) in [5, 5.41) is 30.9. The van der Waals surface area contributed by atoms with Gasteiger partial charge in [0.1, 0.15) is 12.7 Å². The molecule has 0 bridgehead atoms. The van der Waals surface area contributed by atoms with Crippen molar-refractivity contribution in [2.24, 2.45) is 0 Å². The van der Waals surface area contributed by atoms with Crippen LogP contribution in [0.5, 0.6) is 5.75 Å². The Morgan fingerprint density at radius 3 is 1.76 bits per heavy atom. The lowest BCUT2D eigenvalue weighted by Crippen LogP contribution is -2.19. The molecule has 6 rings (SSSR count). The summed E-state index contributed by atoms with van der Waals surface area (Å²) >= 11 is 0. The first kappa shape index (κ1) is 35.9. The first-order valence-corrected chi connectivity index (χ1v) is 15.7. The molecule has 0 aliphatic carbocycles. The smallest absolute Gasteiger partial charge is 0.340 e. The molecule has 0 saturated heterocycles. The van der Waals surface area contributed by atoms with E-state index in [-0.39, 0.29) is 58.2 Å². The third-order valence-corrected chi connectivity index (χ3v) is 7.68. The van der Waals surface area contributed by atoms with Gasteiger partial charge in [-0.3, -0.25) is 18.7 Å². The molecule has 0 atom stereocenters. The third kappa shape index (κ3) is 7.87. The Morgan fingerprint density at radius 1 is 0.759 bits per heavy atom. The Bertz CT molecular complexity index is 2380. The minimum Gasteiger partial charge on any atom is -0.490 e. The van der Waals surface area contributed by atoms with Crippen molar-refractivity contribution in [3.8, 4) is 23.5 Å². The van der Waals surface area contributed by atoms with Crippen LogP contribution in [0.15, 0.2) is 86.0 Å². The third-order valence-electron chi connectivity index (χ3n) is 7.68. The number of hydrogen-bond acceptors (Lipinski definition) is 14. The second-order valence-corrected chi connectivity index (χ2v) is 11.0. The lowest BCUT2D eigenvalue weighted by Gasteiger charge is -2.15. The number of ether oxygens (including phenoxy) is 3. The Balaban J connectivity index is 1.20. The molecular formula is C35H26FN11O7. The molecule has 0 spiro atoms. The number of nitrogens with one attached hydrogen (secondary N) is 2. The van der Waals surface area contributed by atoms with Crippen LogP contribution in [0.1, 0.15) is 52.8 Å². The zero-order valence-electron chi connectivity index (χ0n) is 28.3. The number of amides is 2. The fourth-order valence-electron chi connectivity index (χ4n) is 4.98. The number of methoxy groups -OCH3 is 2. The van der Waals surface area contributed by atoms with Crippen LogP contribution in [0, 0.1) is 17.1 Å². The van der Waals surface area contributed by atoms with Crippen molar-refractivity contribution in [2.75, 3.05) is 31.5 Å².